The molecule has 1 amide bonds. The van der Waals surface area contributed by atoms with Crippen LogP contribution < -0.4 is 10.6 Å². The van der Waals surface area contributed by atoms with E-state index in [2.05, 4.69) is 29.7 Å². The lowest BCUT2D eigenvalue weighted by Crippen LogP contribution is -2.39. The van der Waals surface area contributed by atoms with Gasteiger partial charge in [-0.15, -0.1) is 0 Å². The van der Waals surface area contributed by atoms with Gasteiger partial charge in [0.25, 0.3) is 0 Å². The number of aryl methyl sites for hydroxylation is 1. The number of nitrogens with one attached hydrogen (secondary N) is 2. The molecule has 1 aromatic rings. The summed E-state index contributed by atoms with van der Waals surface area (Å²) in [6.07, 6.45) is 7.19. The maximum atomic E-state index is 12.3. The zero-order valence-electron chi connectivity index (χ0n) is 12.2. The van der Waals surface area contributed by atoms with Crippen molar-refractivity contribution in [1.82, 2.24) is 5.32 Å². The van der Waals surface area contributed by atoms with E-state index in [1.54, 1.807) is 0 Å². The Morgan fingerprint density at radius 1 is 1.25 bits per heavy atom. The van der Waals surface area contributed by atoms with E-state index in [0.29, 0.717) is 12.0 Å². The van der Waals surface area contributed by atoms with Gasteiger partial charge in [-0.3, -0.25) is 4.79 Å². The van der Waals surface area contributed by atoms with Gasteiger partial charge in [-0.2, -0.15) is 0 Å². The molecule has 2 N–H and O–H groups in total. The second-order valence-electron chi connectivity index (χ2n) is 6.15. The predicted octanol–water partition coefficient (Wildman–Crippen LogP) is 3.11. The second kappa shape index (κ2) is 5.96. The van der Waals surface area contributed by atoms with Crippen molar-refractivity contribution in [3.8, 4) is 0 Å². The highest BCUT2D eigenvalue weighted by molar-refractivity contribution is 5.95. The summed E-state index contributed by atoms with van der Waals surface area (Å²) in [5, 5.41) is 6.57. The van der Waals surface area contributed by atoms with Gasteiger partial charge in [0.1, 0.15) is 0 Å². The van der Waals surface area contributed by atoms with E-state index in [4.69, 9.17) is 0 Å². The Kier molecular flexibility index (Phi) is 4.06. The minimum Gasteiger partial charge on any atom is -0.325 e. The van der Waals surface area contributed by atoms with E-state index in [1.807, 2.05) is 12.1 Å². The summed E-state index contributed by atoms with van der Waals surface area (Å²) < 4.78 is 0. The van der Waals surface area contributed by atoms with Crippen molar-refractivity contribution in [3.63, 3.8) is 0 Å². The summed E-state index contributed by atoms with van der Waals surface area (Å²) in [5.74, 6) is 0.839. The fourth-order valence-corrected chi connectivity index (χ4v) is 3.57. The smallest absolute Gasteiger partial charge is 0.241 e. The normalized spacial score (nSPS) is 28.9. The van der Waals surface area contributed by atoms with Crippen LogP contribution in [0.5, 0.6) is 0 Å². The molecule has 2 aliphatic rings. The molecule has 20 heavy (non-hydrogen) atoms. The van der Waals surface area contributed by atoms with Gasteiger partial charge in [0, 0.05) is 11.7 Å². The van der Waals surface area contributed by atoms with Crippen LogP contribution in [0, 0.1) is 5.92 Å². The molecule has 1 heterocycles. The number of rotatable bonds is 3. The third-order valence-electron chi connectivity index (χ3n) is 4.81. The van der Waals surface area contributed by atoms with Gasteiger partial charge in [0.05, 0.1) is 6.04 Å². The van der Waals surface area contributed by atoms with E-state index in [0.717, 1.165) is 18.5 Å². The first-order valence-electron chi connectivity index (χ1n) is 7.92. The van der Waals surface area contributed by atoms with Crippen LogP contribution in [0.4, 0.5) is 5.69 Å². The Balaban J connectivity index is 1.59. The summed E-state index contributed by atoms with van der Waals surface area (Å²) in [6, 6.07) is 8.72. The van der Waals surface area contributed by atoms with E-state index in [-0.39, 0.29) is 11.9 Å². The van der Waals surface area contributed by atoms with Crippen LogP contribution in [0.3, 0.4) is 0 Å². The second-order valence-corrected chi connectivity index (χ2v) is 6.15. The molecule has 3 rings (SSSR count). The van der Waals surface area contributed by atoms with Crippen molar-refractivity contribution in [3.05, 3.63) is 29.8 Å². The number of carbonyl (C=O) groups is 1. The summed E-state index contributed by atoms with van der Waals surface area (Å²) in [4.78, 5) is 12.3. The highest BCUT2D eigenvalue weighted by atomic mass is 16.2. The van der Waals surface area contributed by atoms with E-state index in [1.165, 1.54) is 31.2 Å². The van der Waals surface area contributed by atoms with Crippen LogP contribution in [-0.4, -0.2) is 18.0 Å². The predicted molar refractivity (Wildman–Crippen MR) is 81.7 cm³/mol. The molecule has 2 fully saturated rings. The molecular formula is C17H24N2O. The molecule has 0 radical (unpaired) electrons. The zero-order chi connectivity index (χ0) is 13.9. The lowest BCUT2D eigenvalue weighted by molar-refractivity contribution is -0.117. The average Bonchev–Trinajstić information content (AvgIpc) is 2.92. The van der Waals surface area contributed by atoms with E-state index < -0.39 is 0 Å². The molecule has 0 spiro atoms. The van der Waals surface area contributed by atoms with Crippen LogP contribution in [0.1, 0.15) is 44.6 Å². The Morgan fingerprint density at radius 2 is 2.00 bits per heavy atom. The Morgan fingerprint density at radius 3 is 2.70 bits per heavy atom. The standard InChI is InChI=1S/C17H24N2O/c1-2-12-7-9-14(10-8-12)18-17(20)16-11-13-5-3-4-6-15(13)19-16/h7-10,13,15-16,19H,2-6,11H2,1H3,(H,18,20). The molecular weight excluding hydrogens is 248 g/mol. The van der Waals surface area contributed by atoms with Crippen LogP contribution in [0.15, 0.2) is 24.3 Å². The third-order valence-corrected chi connectivity index (χ3v) is 4.81. The van der Waals surface area contributed by atoms with Crippen molar-refractivity contribution in [2.75, 3.05) is 5.32 Å². The summed E-state index contributed by atoms with van der Waals surface area (Å²) in [6.45, 7) is 2.14. The maximum Gasteiger partial charge on any atom is 0.241 e. The fourth-order valence-electron chi connectivity index (χ4n) is 3.57. The van der Waals surface area contributed by atoms with Gasteiger partial charge in [0.2, 0.25) is 5.91 Å². The first-order chi connectivity index (χ1) is 9.76. The number of fused-ring (bicyclic) bond motifs is 1. The summed E-state index contributed by atoms with van der Waals surface area (Å²) in [7, 11) is 0. The molecule has 0 bridgehead atoms. The number of hydrogen-bond donors (Lipinski definition) is 2. The van der Waals surface area contributed by atoms with Gasteiger partial charge in [-0.1, -0.05) is 31.9 Å². The molecule has 3 nitrogen and oxygen atoms in total. The van der Waals surface area contributed by atoms with Crippen LogP contribution >= 0.6 is 0 Å². The molecule has 1 saturated heterocycles. The topological polar surface area (TPSA) is 41.1 Å². The first-order valence-corrected chi connectivity index (χ1v) is 7.92. The quantitative estimate of drug-likeness (QED) is 0.887. The molecule has 1 aromatic carbocycles. The molecule has 108 valence electrons. The number of anilines is 1. The van der Waals surface area contributed by atoms with Crippen molar-refractivity contribution in [2.24, 2.45) is 5.92 Å². The van der Waals surface area contributed by atoms with E-state index in [9.17, 15) is 4.79 Å². The molecule has 3 heteroatoms. The lowest BCUT2D eigenvalue weighted by Gasteiger charge is -2.24. The van der Waals surface area contributed by atoms with E-state index >= 15 is 0 Å². The first kappa shape index (κ1) is 13.6. The molecule has 1 aliphatic heterocycles. The Hall–Kier alpha value is -1.35. The SMILES string of the molecule is CCc1ccc(NC(=O)C2CC3CCCCC3N2)cc1. The number of amides is 1. The highest BCUT2D eigenvalue weighted by Crippen LogP contribution is 2.33. The molecule has 1 aliphatic carbocycles. The largest absolute Gasteiger partial charge is 0.325 e. The zero-order valence-corrected chi connectivity index (χ0v) is 12.2. The van der Waals surface area contributed by atoms with Gasteiger partial charge in [0.15, 0.2) is 0 Å². The molecule has 3 unspecified atom stereocenters. The van der Waals surface area contributed by atoms with Gasteiger partial charge in [-0.05, 0) is 49.3 Å². The Labute approximate surface area is 121 Å². The number of carbonyl (C=O) groups excluding carboxylic acids is 1. The van der Waals surface area contributed by atoms with Gasteiger partial charge in [-0.25, -0.2) is 0 Å². The van der Waals surface area contributed by atoms with Crippen molar-refractivity contribution in [1.29, 1.82) is 0 Å². The fraction of sp³-hybridized carbons (Fsp3) is 0.588. The summed E-state index contributed by atoms with van der Waals surface area (Å²) >= 11 is 0. The Bertz CT molecular complexity index is 454. The third kappa shape index (κ3) is 2.88. The lowest BCUT2D eigenvalue weighted by atomic mass is 9.85. The van der Waals surface area contributed by atoms with Crippen LogP contribution in [-0.2, 0) is 11.2 Å². The van der Waals surface area contributed by atoms with Gasteiger partial charge >= 0.3 is 0 Å². The highest BCUT2D eigenvalue weighted by Gasteiger charge is 2.38. The summed E-state index contributed by atoms with van der Waals surface area (Å²) in [5.41, 5.74) is 2.21. The minimum atomic E-state index is -0.00560. The van der Waals surface area contributed by atoms with Crippen molar-refractivity contribution < 1.29 is 4.79 Å². The average molecular weight is 272 g/mol. The molecule has 3 atom stereocenters. The van der Waals surface area contributed by atoms with Gasteiger partial charge < -0.3 is 10.6 Å². The maximum absolute atomic E-state index is 12.3. The number of benzene rings is 1. The van der Waals surface area contributed by atoms with Crippen molar-refractivity contribution >= 4 is 11.6 Å². The number of hydrogen-bond acceptors (Lipinski definition) is 2. The molecule has 0 aromatic heterocycles. The van der Waals surface area contributed by atoms with Crippen molar-refractivity contribution in [2.45, 2.75) is 57.5 Å². The molecule has 1 saturated carbocycles. The van der Waals surface area contributed by atoms with Crippen LogP contribution in [0.2, 0.25) is 0 Å². The monoisotopic (exact) mass is 272 g/mol. The minimum absolute atomic E-state index is 0.00560. The van der Waals surface area contributed by atoms with Crippen LogP contribution in [0.25, 0.3) is 0 Å².